The molecule has 0 amide bonds. The van der Waals surface area contributed by atoms with Crippen LogP contribution in [-0.2, 0) is 26.0 Å². The summed E-state index contributed by atoms with van der Waals surface area (Å²) in [5, 5.41) is 8.66. The third-order valence-corrected chi connectivity index (χ3v) is 4.82. The Morgan fingerprint density at radius 1 is 1.04 bits per heavy atom. The molecular formula is C17H17NO6S. The summed E-state index contributed by atoms with van der Waals surface area (Å²) in [6.45, 7) is 0. The molecule has 0 bridgehead atoms. The number of carboxylic acid groups (broad SMARTS) is 1. The van der Waals surface area contributed by atoms with E-state index in [1.165, 1.54) is 43.5 Å². The molecule has 0 spiro atoms. The van der Waals surface area contributed by atoms with Crippen molar-refractivity contribution in [3.8, 4) is 0 Å². The molecule has 0 heterocycles. The van der Waals surface area contributed by atoms with Gasteiger partial charge in [0, 0.05) is 12.1 Å². The summed E-state index contributed by atoms with van der Waals surface area (Å²) in [5.41, 5.74) is 1.36. The number of esters is 1. The fourth-order valence-corrected chi connectivity index (χ4v) is 3.15. The van der Waals surface area contributed by atoms with E-state index in [0.29, 0.717) is 17.7 Å². The summed E-state index contributed by atoms with van der Waals surface area (Å²) in [6, 6.07) is 11.8. The van der Waals surface area contributed by atoms with Crippen LogP contribution in [0.5, 0.6) is 0 Å². The Labute approximate surface area is 145 Å². The highest BCUT2D eigenvalue weighted by Crippen LogP contribution is 2.18. The van der Waals surface area contributed by atoms with Crippen LogP contribution < -0.4 is 4.72 Å². The molecule has 8 heteroatoms. The summed E-state index contributed by atoms with van der Waals surface area (Å²) in [4.78, 5) is 22.0. The summed E-state index contributed by atoms with van der Waals surface area (Å²) in [5.74, 6) is -1.42. The van der Waals surface area contributed by atoms with Crippen LogP contribution in [0.1, 0.15) is 22.3 Å². The van der Waals surface area contributed by atoms with Crippen LogP contribution >= 0.6 is 0 Å². The fraction of sp³-hybridized carbons (Fsp3) is 0.176. The van der Waals surface area contributed by atoms with E-state index in [0.717, 1.165) is 5.56 Å². The molecule has 0 saturated carbocycles. The van der Waals surface area contributed by atoms with E-state index >= 15 is 0 Å². The lowest BCUT2D eigenvalue weighted by Gasteiger charge is -2.09. The van der Waals surface area contributed by atoms with Gasteiger partial charge in [0.1, 0.15) is 0 Å². The normalized spacial score (nSPS) is 10.9. The van der Waals surface area contributed by atoms with E-state index in [9.17, 15) is 18.0 Å². The molecule has 132 valence electrons. The number of methoxy groups -OCH3 is 1. The minimum atomic E-state index is -3.78. The first-order valence-corrected chi connectivity index (χ1v) is 8.82. The predicted octanol–water partition coefficient (Wildman–Crippen LogP) is 2.29. The van der Waals surface area contributed by atoms with Crippen LogP contribution in [0, 0.1) is 0 Å². The zero-order valence-electron chi connectivity index (χ0n) is 13.4. The number of carbonyl (C=O) groups is 2. The minimum absolute atomic E-state index is 0.0170. The number of benzene rings is 2. The number of nitrogens with one attached hydrogen (secondary N) is 1. The summed E-state index contributed by atoms with van der Waals surface area (Å²) in [7, 11) is -2.52. The van der Waals surface area contributed by atoms with E-state index in [1.54, 1.807) is 12.1 Å². The van der Waals surface area contributed by atoms with Crippen LogP contribution in [-0.4, -0.2) is 32.6 Å². The van der Waals surface area contributed by atoms with E-state index < -0.39 is 22.0 Å². The van der Waals surface area contributed by atoms with Crippen LogP contribution in [0.25, 0.3) is 0 Å². The maximum atomic E-state index is 12.4. The van der Waals surface area contributed by atoms with Crippen LogP contribution in [0.2, 0.25) is 0 Å². The monoisotopic (exact) mass is 363 g/mol. The molecule has 0 unspecified atom stereocenters. The number of carbonyl (C=O) groups excluding carboxylic acids is 1. The van der Waals surface area contributed by atoms with Gasteiger partial charge in [-0.2, -0.15) is 0 Å². The highest BCUT2D eigenvalue weighted by Gasteiger charge is 2.14. The third-order valence-electron chi connectivity index (χ3n) is 3.42. The standard InChI is InChI=1S/C17H17NO6S/c1-24-17(21)13-5-7-14(8-6-13)18-25(22,23)15-9-2-12(3-10-15)4-11-16(19)20/h2-3,5-10,18H,4,11H2,1H3,(H,19,20). The Balaban J connectivity index is 2.10. The number of hydrogen-bond donors (Lipinski definition) is 2. The molecule has 2 N–H and O–H groups in total. The molecule has 0 aromatic heterocycles. The number of hydrogen-bond acceptors (Lipinski definition) is 5. The number of ether oxygens (including phenoxy) is 1. The highest BCUT2D eigenvalue weighted by molar-refractivity contribution is 7.92. The van der Waals surface area contributed by atoms with E-state index in [4.69, 9.17) is 5.11 Å². The number of anilines is 1. The molecule has 0 saturated heterocycles. The van der Waals surface area contributed by atoms with Crippen molar-refractivity contribution in [2.24, 2.45) is 0 Å². The largest absolute Gasteiger partial charge is 0.481 e. The van der Waals surface area contributed by atoms with Crippen molar-refractivity contribution >= 4 is 27.6 Å². The van der Waals surface area contributed by atoms with E-state index in [-0.39, 0.29) is 11.3 Å². The molecule has 0 aliphatic heterocycles. The molecule has 0 fully saturated rings. The molecule has 7 nitrogen and oxygen atoms in total. The quantitative estimate of drug-likeness (QED) is 0.731. The van der Waals surface area contributed by atoms with E-state index in [2.05, 4.69) is 9.46 Å². The maximum absolute atomic E-state index is 12.4. The molecule has 2 aromatic carbocycles. The zero-order valence-corrected chi connectivity index (χ0v) is 14.2. The summed E-state index contributed by atoms with van der Waals surface area (Å²) in [6.07, 6.45) is 0.314. The Hall–Kier alpha value is -2.87. The third kappa shape index (κ3) is 5.05. The van der Waals surface area contributed by atoms with Crippen molar-refractivity contribution in [3.05, 3.63) is 59.7 Å². The van der Waals surface area contributed by atoms with Crippen molar-refractivity contribution in [2.45, 2.75) is 17.7 Å². The van der Waals surface area contributed by atoms with Crippen molar-refractivity contribution in [1.29, 1.82) is 0 Å². The minimum Gasteiger partial charge on any atom is -0.481 e. The molecular weight excluding hydrogens is 346 g/mol. The van der Waals surface area contributed by atoms with Gasteiger partial charge in [-0.05, 0) is 48.4 Å². The second-order valence-corrected chi connectivity index (χ2v) is 6.89. The number of sulfonamides is 1. The van der Waals surface area contributed by atoms with Gasteiger partial charge in [0.2, 0.25) is 0 Å². The number of carboxylic acids is 1. The maximum Gasteiger partial charge on any atom is 0.337 e. The highest BCUT2D eigenvalue weighted by atomic mass is 32.2. The van der Waals surface area contributed by atoms with Gasteiger partial charge in [-0.1, -0.05) is 12.1 Å². The number of rotatable bonds is 7. The number of aliphatic carboxylic acids is 1. The van der Waals surface area contributed by atoms with Crippen LogP contribution in [0.15, 0.2) is 53.4 Å². The van der Waals surface area contributed by atoms with Gasteiger partial charge in [0.15, 0.2) is 0 Å². The fourth-order valence-electron chi connectivity index (χ4n) is 2.09. The Morgan fingerprint density at radius 3 is 2.16 bits per heavy atom. The van der Waals surface area contributed by atoms with Crippen molar-refractivity contribution in [1.82, 2.24) is 0 Å². The van der Waals surface area contributed by atoms with Crippen LogP contribution in [0.4, 0.5) is 5.69 Å². The van der Waals surface area contributed by atoms with Gasteiger partial charge in [0.25, 0.3) is 10.0 Å². The first kappa shape index (κ1) is 18.5. The lowest BCUT2D eigenvalue weighted by molar-refractivity contribution is -0.136. The molecule has 2 rings (SSSR count). The first-order valence-electron chi connectivity index (χ1n) is 7.34. The molecule has 0 aliphatic rings. The predicted molar refractivity (Wildman–Crippen MR) is 91.0 cm³/mol. The first-order chi connectivity index (χ1) is 11.8. The Kier molecular flexibility index (Phi) is 5.76. The smallest absolute Gasteiger partial charge is 0.337 e. The second-order valence-electron chi connectivity index (χ2n) is 5.21. The zero-order chi connectivity index (χ0) is 18.4. The van der Waals surface area contributed by atoms with Gasteiger partial charge in [-0.15, -0.1) is 0 Å². The van der Waals surface area contributed by atoms with E-state index in [1.807, 2.05) is 0 Å². The van der Waals surface area contributed by atoms with Crippen molar-refractivity contribution in [2.75, 3.05) is 11.8 Å². The Morgan fingerprint density at radius 2 is 1.64 bits per heavy atom. The van der Waals surface area contributed by atoms with Crippen LogP contribution in [0.3, 0.4) is 0 Å². The van der Waals surface area contributed by atoms with Gasteiger partial charge in [-0.3, -0.25) is 9.52 Å². The van der Waals surface area contributed by atoms with Gasteiger partial charge >= 0.3 is 11.9 Å². The van der Waals surface area contributed by atoms with Crippen molar-refractivity contribution < 1.29 is 27.9 Å². The molecule has 0 radical (unpaired) electrons. The SMILES string of the molecule is COC(=O)c1ccc(NS(=O)(=O)c2ccc(CCC(=O)O)cc2)cc1. The lowest BCUT2D eigenvalue weighted by Crippen LogP contribution is -2.13. The Bertz CT molecular complexity index is 857. The van der Waals surface area contributed by atoms with Gasteiger partial charge in [-0.25, -0.2) is 13.2 Å². The average molecular weight is 363 g/mol. The molecule has 2 aromatic rings. The molecule has 25 heavy (non-hydrogen) atoms. The van der Waals surface area contributed by atoms with Crippen molar-refractivity contribution in [3.63, 3.8) is 0 Å². The lowest BCUT2D eigenvalue weighted by atomic mass is 10.1. The summed E-state index contributed by atoms with van der Waals surface area (Å²) < 4.78 is 31.7. The van der Waals surface area contributed by atoms with Gasteiger partial charge < -0.3 is 9.84 Å². The number of aryl methyl sites for hydroxylation is 1. The average Bonchev–Trinajstić information content (AvgIpc) is 2.60. The molecule has 0 atom stereocenters. The molecule has 0 aliphatic carbocycles. The second kappa shape index (κ2) is 7.80. The topological polar surface area (TPSA) is 110 Å². The van der Waals surface area contributed by atoms with Gasteiger partial charge in [0.05, 0.1) is 17.6 Å². The summed E-state index contributed by atoms with van der Waals surface area (Å²) >= 11 is 0.